The van der Waals surface area contributed by atoms with Crippen molar-refractivity contribution in [1.82, 2.24) is 0 Å². The number of aromatic hydroxyl groups is 1. The maximum absolute atomic E-state index is 9.66. The van der Waals surface area contributed by atoms with Crippen LogP contribution in [0.25, 0.3) is 0 Å². The van der Waals surface area contributed by atoms with E-state index in [0.717, 1.165) is 11.3 Å². The molecular formula is C16H19NO3. The van der Waals surface area contributed by atoms with Crippen molar-refractivity contribution in [2.45, 2.75) is 5.92 Å². The zero-order valence-corrected chi connectivity index (χ0v) is 11.5. The molecular weight excluding hydrogens is 254 g/mol. The summed E-state index contributed by atoms with van der Waals surface area (Å²) < 4.78 is 10.8. The highest BCUT2D eigenvalue weighted by molar-refractivity contribution is 5.38. The monoisotopic (exact) mass is 273 g/mol. The highest BCUT2D eigenvalue weighted by Crippen LogP contribution is 2.26. The van der Waals surface area contributed by atoms with Crippen LogP contribution in [-0.2, 0) is 0 Å². The van der Waals surface area contributed by atoms with Crippen molar-refractivity contribution < 1.29 is 14.6 Å². The average Bonchev–Trinajstić information content (AvgIpc) is 2.50. The number of ether oxygens (including phenoxy) is 2. The van der Waals surface area contributed by atoms with Crippen molar-refractivity contribution in [2.24, 2.45) is 5.73 Å². The van der Waals surface area contributed by atoms with Crippen LogP contribution in [0.1, 0.15) is 11.5 Å². The summed E-state index contributed by atoms with van der Waals surface area (Å²) in [4.78, 5) is 0. The third kappa shape index (κ3) is 3.42. The number of rotatable bonds is 6. The first-order chi connectivity index (χ1) is 9.74. The standard InChI is InChI=1S/C16H19NO3/c1-19-14-8-6-12(7-9-14)13(10-17)11-20-16-5-3-2-4-15(16)18/h2-9,13,18H,10-11,17H2,1H3. The molecule has 0 radical (unpaired) electrons. The van der Waals surface area contributed by atoms with E-state index >= 15 is 0 Å². The quantitative estimate of drug-likeness (QED) is 0.849. The molecule has 0 spiro atoms. The van der Waals surface area contributed by atoms with Gasteiger partial charge in [0.15, 0.2) is 11.5 Å². The molecule has 4 heteroatoms. The lowest BCUT2D eigenvalue weighted by molar-refractivity contribution is 0.276. The Morgan fingerprint density at radius 2 is 1.80 bits per heavy atom. The molecule has 0 aliphatic rings. The summed E-state index contributed by atoms with van der Waals surface area (Å²) in [6, 6.07) is 14.7. The lowest BCUT2D eigenvalue weighted by atomic mass is 10.0. The highest BCUT2D eigenvalue weighted by Gasteiger charge is 2.12. The molecule has 1 unspecified atom stereocenters. The molecule has 0 aliphatic heterocycles. The molecule has 0 aromatic heterocycles. The first kappa shape index (κ1) is 14.2. The van der Waals surface area contributed by atoms with E-state index in [9.17, 15) is 5.11 Å². The Morgan fingerprint density at radius 1 is 1.10 bits per heavy atom. The maximum Gasteiger partial charge on any atom is 0.160 e. The van der Waals surface area contributed by atoms with E-state index in [1.165, 1.54) is 0 Å². The molecule has 1 atom stereocenters. The first-order valence-electron chi connectivity index (χ1n) is 6.49. The van der Waals surface area contributed by atoms with Gasteiger partial charge >= 0.3 is 0 Å². The molecule has 20 heavy (non-hydrogen) atoms. The SMILES string of the molecule is COc1ccc(C(CN)COc2ccccc2O)cc1. The van der Waals surface area contributed by atoms with Crippen molar-refractivity contribution in [1.29, 1.82) is 0 Å². The van der Waals surface area contributed by atoms with Gasteiger partial charge in [-0.05, 0) is 29.8 Å². The van der Waals surface area contributed by atoms with E-state index in [1.807, 2.05) is 30.3 Å². The van der Waals surface area contributed by atoms with Gasteiger partial charge in [0.2, 0.25) is 0 Å². The number of hydrogen-bond acceptors (Lipinski definition) is 4. The Hall–Kier alpha value is -2.20. The van der Waals surface area contributed by atoms with Crippen molar-refractivity contribution in [2.75, 3.05) is 20.3 Å². The van der Waals surface area contributed by atoms with Gasteiger partial charge in [0.1, 0.15) is 5.75 Å². The molecule has 0 saturated carbocycles. The Bertz CT molecular complexity index is 540. The Labute approximate surface area is 118 Å². The van der Waals surface area contributed by atoms with Crippen molar-refractivity contribution >= 4 is 0 Å². The van der Waals surface area contributed by atoms with Gasteiger partial charge < -0.3 is 20.3 Å². The third-order valence-corrected chi connectivity index (χ3v) is 3.18. The Morgan fingerprint density at radius 3 is 2.40 bits per heavy atom. The second-order valence-corrected chi connectivity index (χ2v) is 4.48. The molecule has 0 aliphatic carbocycles. The Balaban J connectivity index is 2.03. The number of phenols is 1. The fraction of sp³-hybridized carbons (Fsp3) is 0.250. The summed E-state index contributed by atoms with van der Waals surface area (Å²) in [5.74, 6) is 1.49. The van der Waals surface area contributed by atoms with Gasteiger partial charge in [0, 0.05) is 12.5 Å². The van der Waals surface area contributed by atoms with Crippen molar-refractivity contribution in [3.63, 3.8) is 0 Å². The average molecular weight is 273 g/mol. The molecule has 3 N–H and O–H groups in total. The summed E-state index contributed by atoms with van der Waals surface area (Å²) in [6.45, 7) is 0.889. The van der Waals surface area contributed by atoms with E-state index < -0.39 is 0 Å². The van der Waals surface area contributed by atoms with Gasteiger partial charge in [0.25, 0.3) is 0 Å². The Kier molecular flexibility index (Phi) is 4.85. The normalized spacial score (nSPS) is 11.9. The summed E-state index contributed by atoms with van der Waals surface area (Å²) in [5, 5.41) is 9.66. The molecule has 4 nitrogen and oxygen atoms in total. The van der Waals surface area contributed by atoms with Crippen LogP contribution in [0.3, 0.4) is 0 Å². The van der Waals surface area contributed by atoms with E-state index in [1.54, 1.807) is 25.3 Å². The molecule has 0 amide bonds. The predicted molar refractivity (Wildman–Crippen MR) is 78.4 cm³/mol. The summed E-state index contributed by atoms with van der Waals surface area (Å²) in [5.41, 5.74) is 6.89. The maximum atomic E-state index is 9.66. The zero-order valence-electron chi connectivity index (χ0n) is 11.5. The lowest BCUT2D eigenvalue weighted by Gasteiger charge is -2.17. The van der Waals surface area contributed by atoms with Gasteiger partial charge in [-0.1, -0.05) is 24.3 Å². The highest BCUT2D eigenvalue weighted by atomic mass is 16.5. The molecule has 2 aromatic rings. The number of hydrogen-bond donors (Lipinski definition) is 2. The van der Waals surface area contributed by atoms with E-state index in [0.29, 0.717) is 18.9 Å². The van der Waals surface area contributed by atoms with Crippen LogP contribution >= 0.6 is 0 Å². The fourth-order valence-electron chi connectivity index (χ4n) is 1.95. The number of benzene rings is 2. The van der Waals surface area contributed by atoms with Crippen molar-refractivity contribution in [3.8, 4) is 17.2 Å². The predicted octanol–water partition coefficient (Wildman–Crippen LogP) is 2.52. The minimum absolute atomic E-state index is 0.0699. The zero-order chi connectivity index (χ0) is 14.4. The topological polar surface area (TPSA) is 64.7 Å². The summed E-state index contributed by atoms with van der Waals surface area (Å²) >= 11 is 0. The van der Waals surface area contributed by atoms with Crippen LogP contribution in [0, 0.1) is 0 Å². The fourth-order valence-corrected chi connectivity index (χ4v) is 1.95. The van der Waals surface area contributed by atoms with E-state index in [4.69, 9.17) is 15.2 Å². The van der Waals surface area contributed by atoms with Crippen LogP contribution in [0.5, 0.6) is 17.2 Å². The van der Waals surface area contributed by atoms with Crippen molar-refractivity contribution in [3.05, 3.63) is 54.1 Å². The molecule has 106 valence electrons. The second-order valence-electron chi connectivity index (χ2n) is 4.48. The van der Waals surface area contributed by atoms with Crippen LogP contribution in [0.2, 0.25) is 0 Å². The van der Waals surface area contributed by atoms with Gasteiger partial charge in [-0.15, -0.1) is 0 Å². The van der Waals surface area contributed by atoms with Crippen LogP contribution in [0.4, 0.5) is 0 Å². The number of para-hydroxylation sites is 2. The van der Waals surface area contributed by atoms with Crippen LogP contribution in [-0.4, -0.2) is 25.4 Å². The van der Waals surface area contributed by atoms with E-state index in [-0.39, 0.29) is 11.7 Å². The van der Waals surface area contributed by atoms with Crippen LogP contribution in [0.15, 0.2) is 48.5 Å². The number of methoxy groups -OCH3 is 1. The molecule has 0 saturated heterocycles. The van der Waals surface area contributed by atoms with Gasteiger partial charge in [-0.25, -0.2) is 0 Å². The van der Waals surface area contributed by atoms with Gasteiger partial charge in [-0.2, -0.15) is 0 Å². The van der Waals surface area contributed by atoms with E-state index in [2.05, 4.69) is 0 Å². The largest absolute Gasteiger partial charge is 0.504 e. The smallest absolute Gasteiger partial charge is 0.160 e. The lowest BCUT2D eigenvalue weighted by Crippen LogP contribution is -2.19. The summed E-state index contributed by atoms with van der Waals surface area (Å²) in [7, 11) is 1.64. The number of nitrogens with two attached hydrogens (primary N) is 1. The molecule has 2 rings (SSSR count). The number of phenolic OH excluding ortho intramolecular Hbond substituents is 1. The first-order valence-corrected chi connectivity index (χ1v) is 6.49. The van der Waals surface area contributed by atoms with Crippen LogP contribution < -0.4 is 15.2 Å². The minimum Gasteiger partial charge on any atom is -0.504 e. The van der Waals surface area contributed by atoms with Gasteiger partial charge in [0.05, 0.1) is 13.7 Å². The second kappa shape index (κ2) is 6.82. The third-order valence-electron chi connectivity index (χ3n) is 3.18. The minimum atomic E-state index is 0.0699. The molecule has 0 fully saturated rings. The molecule has 0 heterocycles. The summed E-state index contributed by atoms with van der Waals surface area (Å²) in [6.07, 6.45) is 0. The molecule has 0 bridgehead atoms. The van der Waals surface area contributed by atoms with Gasteiger partial charge in [-0.3, -0.25) is 0 Å². The molecule has 2 aromatic carbocycles.